The Morgan fingerprint density at radius 3 is 2.63 bits per heavy atom. The monoisotopic (exact) mass is 374 g/mol. The molecule has 7 nitrogen and oxygen atoms in total. The summed E-state index contributed by atoms with van der Waals surface area (Å²) in [5, 5.41) is 3.17. The Morgan fingerprint density at radius 2 is 2.04 bits per heavy atom. The maximum atomic E-state index is 13.3. The average Bonchev–Trinajstić information content (AvgIpc) is 3.39. The lowest BCUT2D eigenvalue weighted by molar-refractivity contribution is -0.133. The van der Waals surface area contributed by atoms with Gasteiger partial charge in [0.2, 0.25) is 5.91 Å². The van der Waals surface area contributed by atoms with Gasteiger partial charge in [0.05, 0.1) is 12.3 Å². The molecule has 0 spiro atoms. The van der Waals surface area contributed by atoms with Crippen LogP contribution in [0.25, 0.3) is 0 Å². The van der Waals surface area contributed by atoms with Crippen molar-refractivity contribution in [1.29, 1.82) is 0 Å². The number of hydrogen-bond donors (Lipinski definition) is 1. The summed E-state index contributed by atoms with van der Waals surface area (Å²) in [6.07, 6.45) is 11.1. The van der Waals surface area contributed by atoms with Crippen LogP contribution >= 0.6 is 0 Å². The van der Waals surface area contributed by atoms with Gasteiger partial charge in [-0.25, -0.2) is 4.98 Å². The Hall–Kier alpha value is -2.02. The normalized spacial score (nSPS) is 22.4. The zero-order valence-corrected chi connectivity index (χ0v) is 16.3. The first-order valence-electron chi connectivity index (χ1n) is 10.0. The Labute approximate surface area is 160 Å². The Balaban J connectivity index is 1.85. The van der Waals surface area contributed by atoms with E-state index in [-0.39, 0.29) is 29.7 Å². The molecule has 2 heterocycles. The largest absolute Gasteiger partial charge is 0.376 e. The first-order chi connectivity index (χ1) is 13.0. The van der Waals surface area contributed by atoms with Gasteiger partial charge >= 0.3 is 0 Å². The second kappa shape index (κ2) is 8.78. The van der Waals surface area contributed by atoms with Crippen molar-refractivity contribution in [2.24, 2.45) is 0 Å². The van der Waals surface area contributed by atoms with E-state index in [0.29, 0.717) is 19.6 Å². The van der Waals surface area contributed by atoms with E-state index in [9.17, 15) is 9.59 Å². The molecule has 1 saturated heterocycles. The molecule has 1 aliphatic heterocycles. The molecule has 0 bridgehead atoms. The highest BCUT2D eigenvalue weighted by atomic mass is 16.5. The fourth-order valence-electron chi connectivity index (χ4n) is 3.93. The summed E-state index contributed by atoms with van der Waals surface area (Å²) >= 11 is 0. The van der Waals surface area contributed by atoms with E-state index in [0.717, 1.165) is 38.5 Å². The van der Waals surface area contributed by atoms with Crippen LogP contribution in [0.4, 0.5) is 0 Å². The lowest BCUT2D eigenvalue weighted by Gasteiger charge is -2.41. The minimum atomic E-state index is -0.955. The van der Waals surface area contributed by atoms with Crippen molar-refractivity contribution in [1.82, 2.24) is 20.2 Å². The van der Waals surface area contributed by atoms with E-state index in [1.54, 1.807) is 4.90 Å². The Bertz CT molecular complexity index is 642. The van der Waals surface area contributed by atoms with Gasteiger partial charge < -0.3 is 15.0 Å². The second-order valence-corrected chi connectivity index (χ2v) is 7.72. The number of rotatable bonds is 7. The van der Waals surface area contributed by atoms with Crippen molar-refractivity contribution in [3.8, 4) is 0 Å². The third-order valence-electron chi connectivity index (χ3n) is 5.90. The standard InChI is InChI=1S/C20H30N4O3/c1-3-20(2,19(26)23-15-7-4-5-8-15)24(14-16-9-6-12-27-16)18(25)17-13-21-10-11-22-17/h10-11,13,15-16H,3-9,12,14H2,1-2H3,(H,23,26). The Morgan fingerprint density at radius 1 is 1.26 bits per heavy atom. The number of amides is 2. The zero-order valence-electron chi connectivity index (χ0n) is 16.3. The van der Waals surface area contributed by atoms with Crippen molar-refractivity contribution >= 4 is 11.8 Å². The van der Waals surface area contributed by atoms with Gasteiger partial charge in [0.1, 0.15) is 11.2 Å². The minimum Gasteiger partial charge on any atom is -0.376 e. The van der Waals surface area contributed by atoms with Crippen molar-refractivity contribution in [3.63, 3.8) is 0 Å². The average molecular weight is 374 g/mol. The number of carbonyl (C=O) groups is 2. The number of aromatic nitrogens is 2. The van der Waals surface area contributed by atoms with E-state index < -0.39 is 5.54 Å². The van der Waals surface area contributed by atoms with E-state index >= 15 is 0 Å². The van der Waals surface area contributed by atoms with Crippen LogP contribution in [-0.4, -0.2) is 57.5 Å². The first-order valence-corrected chi connectivity index (χ1v) is 10.0. The number of nitrogens with zero attached hydrogens (tertiary/aromatic N) is 3. The van der Waals surface area contributed by atoms with E-state index in [2.05, 4.69) is 15.3 Å². The molecule has 2 atom stereocenters. The van der Waals surface area contributed by atoms with Crippen molar-refractivity contribution < 1.29 is 14.3 Å². The zero-order chi connectivity index (χ0) is 19.3. The van der Waals surface area contributed by atoms with Crippen LogP contribution in [0.15, 0.2) is 18.6 Å². The lowest BCUT2D eigenvalue weighted by Crippen LogP contribution is -2.61. The summed E-state index contributed by atoms with van der Waals surface area (Å²) in [6, 6.07) is 0.208. The number of carbonyl (C=O) groups excluding carboxylic acids is 2. The molecule has 0 aromatic carbocycles. The topological polar surface area (TPSA) is 84.4 Å². The molecule has 1 N–H and O–H groups in total. The maximum absolute atomic E-state index is 13.3. The van der Waals surface area contributed by atoms with Gasteiger partial charge in [-0.15, -0.1) is 0 Å². The lowest BCUT2D eigenvalue weighted by atomic mass is 9.93. The molecule has 148 valence electrons. The van der Waals surface area contributed by atoms with Gasteiger partial charge in [-0.2, -0.15) is 0 Å². The van der Waals surface area contributed by atoms with Crippen molar-refractivity contribution in [3.05, 3.63) is 24.3 Å². The SMILES string of the molecule is CCC(C)(C(=O)NC1CCCC1)N(CC1CCCO1)C(=O)c1cnccn1. The molecule has 1 saturated carbocycles. The number of nitrogens with one attached hydrogen (secondary N) is 1. The summed E-state index contributed by atoms with van der Waals surface area (Å²) in [5.41, 5.74) is -0.702. The number of hydrogen-bond acceptors (Lipinski definition) is 5. The van der Waals surface area contributed by atoms with Gasteiger partial charge in [-0.3, -0.25) is 14.6 Å². The highest BCUT2D eigenvalue weighted by Gasteiger charge is 2.43. The molecule has 2 amide bonds. The summed E-state index contributed by atoms with van der Waals surface area (Å²) in [5.74, 6) is -0.364. The van der Waals surface area contributed by atoms with Crippen LogP contribution in [0.1, 0.15) is 69.3 Å². The summed E-state index contributed by atoms with van der Waals surface area (Å²) < 4.78 is 5.76. The molecule has 2 unspecified atom stereocenters. The molecule has 0 radical (unpaired) electrons. The van der Waals surface area contributed by atoms with Gasteiger partial charge in [0, 0.05) is 31.6 Å². The van der Waals surface area contributed by atoms with Crippen LogP contribution in [0.5, 0.6) is 0 Å². The molecule has 2 aliphatic rings. The molecular weight excluding hydrogens is 344 g/mol. The quantitative estimate of drug-likeness (QED) is 0.792. The predicted molar refractivity (Wildman–Crippen MR) is 101 cm³/mol. The maximum Gasteiger partial charge on any atom is 0.275 e. The molecule has 1 aliphatic carbocycles. The van der Waals surface area contributed by atoms with Gasteiger partial charge in [-0.05, 0) is 39.0 Å². The van der Waals surface area contributed by atoms with Crippen molar-refractivity contribution in [2.75, 3.05) is 13.2 Å². The summed E-state index contributed by atoms with van der Waals surface area (Å²) in [6.45, 7) is 4.88. The van der Waals surface area contributed by atoms with E-state index in [1.807, 2.05) is 13.8 Å². The molecule has 2 fully saturated rings. The van der Waals surface area contributed by atoms with Crippen molar-refractivity contribution in [2.45, 2.75) is 76.5 Å². The predicted octanol–water partition coefficient (Wildman–Crippen LogP) is 2.33. The smallest absolute Gasteiger partial charge is 0.275 e. The molecule has 1 aromatic rings. The third-order valence-corrected chi connectivity index (χ3v) is 5.90. The highest BCUT2D eigenvalue weighted by molar-refractivity contribution is 5.97. The van der Waals surface area contributed by atoms with Crippen LogP contribution < -0.4 is 5.32 Å². The van der Waals surface area contributed by atoms with Crippen LogP contribution in [0.3, 0.4) is 0 Å². The first kappa shape index (κ1) is 19.7. The molecular formula is C20H30N4O3. The Kier molecular flexibility index (Phi) is 6.42. The van der Waals surface area contributed by atoms with Gasteiger partial charge in [0.15, 0.2) is 0 Å². The van der Waals surface area contributed by atoms with Gasteiger partial charge in [-0.1, -0.05) is 19.8 Å². The van der Waals surface area contributed by atoms with Crippen LogP contribution in [-0.2, 0) is 9.53 Å². The summed E-state index contributed by atoms with van der Waals surface area (Å²) in [7, 11) is 0. The molecule has 1 aromatic heterocycles. The van der Waals surface area contributed by atoms with E-state index in [4.69, 9.17) is 4.74 Å². The third kappa shape index (κ3) is 4.46. The fraction of sp³-hybridized carbons (Fsp3) is 0.700. The van der Waals surface area contributed by atoms with Gasteiger partial charge in [0.25, 0.3) is 5.91 Å². The van der Waals surface area contributed by atoms with Crippen LogP contribution in [0.2, 0.25) is 0 Å². The van der Waals surface area contributed by atoms with E-state index in [1.165, 1.54) is 18.6 Å². The number of ether oxygens (including phenoxy) is 1. The molecule has 3 rings (SSSR count). The minimum absolute atomic E-state index is 0.0456. The highest BCUT2D eigenvalue weighted by Crippen LogP contribution is 2.27. The summed E-state index contributed by atoms with van der Waals surface area (Å²) in [4.78, 5) is 36.3. The fourth-order valence-corrected chi connectivity index (χ4v) is 3.93. The molecule has 7 heteroatoms. The second-order valence-electron chi connectivity index (χ2n) is 7.72. The van der Waals surface area contributed by atoms with Crippen LogP contribution in [0, 0.1) is 0 Å². The molecule has 27 heavy (non-hydrogen) atoms.